The van der Waals surface area contributed by atoms with Crippen LogP contribution in [0.15, 0.2) is 64.6 Å². The number of aromatic nitrogens is 8. The summed E-state index contributed by atoms with van der Waals surface area (Å²) in [6.45, 7) is 17.2. The Balaban J connectivity index is 1.30. The number of fused-ring (bicyclic) bond motifs is 2. The monoisotopic (exact) mass is 747 g/mol. The summed E-state index contributed by atoms with van der Waals surface area (Å²) in [6, 6.07) is 18.1. The van der Waals surface area contributed by atoms with Crippen LogP contribution in [0.4, 0.5) is 0 Å². The summed E-state index contributed by atoms with van der Waals surface area (Å²) < 4.78 is 17.6. The number of amides is 2. The Morgan fingerprint density at radius 1 is 0.727 bits per heavy atom. The molecule has 14 nitrogen and oxygen atoms in total. The van der Waals surface area contributed by atoms with Crippen LogP contribution in [0.2, 0.25) is 0 Å². The van der Waals surface area contributed by atoms with Gasteiger partial charge in [0.1, 0.15) is 11.4 Å². The minimum absolute atomic E-state index is 0.0229. The molecule has 4 aromatic heterocycles. The fourth-order valence-electron chi connectivity index (χ4n) is 8.02. The lowest BCUT2D eigenvalue weighted by Crippen LogP contribution is -2.36. The van der Waals surface area contributed by atoms with Crippen LogP contribution in [0.1, 0.15) is 90.5 Å². The highest BCUT2D eigenvalue weighted by atomic mass is 16.5. The van der Waals surface area contributed by atoms with Crippen LogP contribution in [-0.4, -0.2) is 80.8 Å². The van der Waals surface area contributed by atoms with Gasteiger partial charge >= 0.3 is 0 Å². The summed E-state index contributed by atoms with van der Waals surface area (Å²) in [7, 11) is 3.95. The van der Waals surface area contributed by atoms with Crippen molar-refractivity contribution in [3.63, 3.8) is 0 Å². The van der Waals surface area contributed by atoms with Crippen molar-refractivity contribution in [3.05, 3.63) is 94.2 Å². The van der Waals surface area contributed by atoms with E-state index in [0.29, 0.717) is 48.9 Å². The predicted molar refractivity (Wildman–Crippen MR) is 212 cm³/mol. The van der Waals surface area contributed by atoms with E-state index >= 15 is 0 Å². The number of ether oxygens (including phenoxy) is 1. The van der Waals surface area contributed by atoms with Crippen LogP contribution in [0.25, 0.3) is 22.1 Å². The van der Waals surface area contributed by atoms with Crippen LogP contribution in [-0.2, 0) is 38.5 Å². The average molecular weight is 748 g/mol. The minimum atomic E-state index is -0.322. The van der Waals surface area contributed by atoms with Gasteiger partial charge in [-0.1, -0.05) is 24.3 Å². The van der Waals surface area contributed by atoms with Crippen molar-refractivity contribution in [2.75, 3.05) is 26.3 Å². The maximum absolute atomic E-state index is 13.9. The molecule has 1 unspecified atom stereocenters. The highest BCUT2D eigenvalue weighted by molar-refractivity contribution is 5.94. The van der Waals surface area contributed by atoms with Crippen LogP contribution >= 0.6 is 0 Å². The highest BCUT2D eigenvalue weighted by Gasteiger charge is 2.24. The summed E-state index contributed by atoms with van der Waals surface area (Å²) in [6.07, 6.45) is 1.54. The van der Waals surface area contributed by atoms with E-state index in [4.69, 9.17) is 14.7 Å². The van der Waals surface area contributed by atoms with E-state index in [1.54, 1.807) is 15.4 Å². The first kappa shape index (κ1) is 38.0. The van der Waals surface area contributed by atoms with Crippen LogP contribution < -0.4 is 11.2 Å². The van der Waals surface area contributed by atoms with Gasteiger partial charge in [0.2, 0.25) is 11.2 Å². The molecule has 5 heterocycles. The second kappa shape index (κ2) is 15.8. The van der Waals surface area contributed by atoms with Crippen molar-refractivity contribution in [3.8, 4) is 0 Å². The molecule has 0 saturated carbocycles. The van der Waals surface area contributed by atoms with Gasteiger partial charge in [-0.3, -0.25) is 23.9 Å². The number of carbonyl (C=O) groups excluding carboxylic acids is 2. The zero-order valence-electron chi connectivity index (χ0n) is 33.4. The van der Waals surface area contributed by atoms with E-state index in [2.05, 4.69) is 68.4 Å². The van der Waals surface area contributed by atoms with E-state index in [1.807, 2.05) is 69.1 Å². The Bertz CT molecular complexity index is 2510. The van der Waals surface area contributed by atoms with E-state index < -0.39 is 0 Å². The Morgan fingerprint density at radius 3 is 1.82 bits per heavy atom. The largest absolute Gasteiger partial charge is 0.379 e. The van der Waals surface area contributed by atoms with Crippen molar-refractivity contribution in [2.24, 2.45) is 24.1 Å². The van der Waals surface area contributed by atoms with Gasteiger partial charge in [-0.15, -0.1) is 0 Å². The molecule has 1 fully saturated rings. The molecular formula is C41H53N11O3. The Kier molecular flexibility index (Phi) is 10.9. The Morgan fingerprint density at radius 2 is 1.24 bits per heavy atom. The molecule has 0 spiro atoms. The van der Waals surface area contributed by atoms with Crippen molar-refractivity contribution in [1.82, 2.24) is 42.7 Å². The quantitative estimate of drug-likeness (QED) is 0.179. The van der Waals surface area contributed by atoms with Crippen LogP contribution in [0.5, 0.6) is 0 Å². The van der Waals surface area contributed by atoms with E-state index in [9.17, 15) is 9.59 Å². The minimum Gasteiger partial charge on any atom is -0.379 e. The molecule has 2 aromatic carbocycles. The molecule has 14 heteroatoms. The molecule has 290 valence electrons. The first-order valence-electron chi connectivity index (χ1n) is 19.4. The summed E-state index contributed by atoms with van der Waals surface area (Å²) in [4.78, 5) is 39.7. The number of hydrogen-bond acceptors (Lipinski definition) is 6. The van der Waals surface area contributed by atoms with Crippen molar-refractivity contribution in [1.29, 1.82) is 0 Å². The average Bonchev–Trinajstić information content (AvgIpc) is 3.92. The maximum Gasteiger partial charge on any atom is 0.298 e. The summed E-state index contributed by atoms with van der Waals surface area (Å²) in [5.74, 6) is -0.642. The predicted octanol–water partition coefficient (Wildman–Crippen LogP) is 5.24. The summed E-state index contributed by atoms with van der Waals surface area (Å²) in [5, 5.41) is 9.00. The fourth-order valence-corrected chi connectivity index (χ4v) is 8.02. The zero-order valence-corrected chi connectivity index (χ0v) is 33.4. The Labute approximate surface area is 321 Å². The van der Waals surface area contributed by atoms with Gasteiger partial charge < -0.3 is 23.0 Å². The molecule has 6 aromatic rings. The van der Waals surface area contributed by atoms with E-state index in [-0.39, 0.29) is 23.9 Å². The molecule has 0 N–H and O–H groups in total. The third kappa shape index (κ3) is 7.28. The van der Waals surface area contributed by atoms with Gasteiger partial charge in [-0.25, -0.2) is 0 Å². The molecule has 1 aliphatic rings. The van der Waals surface area contributed by atoms with Gasteiger partial charge in [-0.05, 0) is 90.3 Å². The van der Waals surface area contributed by atoms with Gasteiger partial charge in [0, 0.05) is 58.9 Å². The molecule has 55 heavy (non-hydrogen) atoms. The van der Waals surface area contributed by atoms with Gasteiger partial charge in [-0.2, -0.15) is 20.2 Å². The number of carbonyl (C=O) groups is 2. The third-order valence-electron chi connectivity index (χ3n) is 10.9. The van der Waals surface area contributed by atoms with Crippen molar-refractivity contribution < 1.29 is 14.3 Å². The van der Waals surface area contributed by atoms with Gasteiger partial charge in [0.15, 0.2) is 0 Å². The number of morpholine rings is 1. The molecule has 0 bridgehead atoms. The Hall–Kier alpha value is -5.34. The number of rotatable bonds is 11. The molecule has 0 aliphatic carbocycles. The number of benzene rings is 2. The lowest BCUT2D eigenvalue weighted by Gasteiger charge is -2.27. The number of nitrogens with zero attached hydrogens (tertiary/aromatic N) is 11. The number of imidazole rings is 2. The van der Waals surface area contributed by atoms with Crippen molar-refractivity contribution >= 4 is 33.9 Å². The second-order valence-electron chi connectivity index (χ2n) is 14.7. The van der Waals surface area contributed by atoms with E-state index in [0.717, 1.165) is 65.9 Å². The van der Waals surface area contributed by atoms with Crippen LogP contribution in [0.3, 0.4) is 0 Å². The normalized spacial score (nSPS) is 15.8. The van der Waals surface area contributed by atoms with Crippen molar-refractivity contribution in [2.45, 2.75) is 86.1 Å². The summed E-state index contributed by atoms with van der Waals surface area (Å²) in [5.41, 5.74) is 8.97. The number of para-hydroxylation sites is 3. The zero-order chi connectivity index (χ0) is 39.0. The lowest BCUT2D eigenvalue weighted by molar-refractivity contribution is 0.0343. The first-order valence-corrected chi connectivity index (χ1v) is 19.4. The van der Waals surface area contributed by atoms with Gasteiger partial charge in [0.05, 0.1) is 46.7 Å². The molecule has 2 atom stereocenters. The fraction of sp³-hybridized carbons (Fsp3) is 0.463. The SMILES string of the molecule is CCn1nc(C)cc1C(=O)N=c1n(C)c2cccc(CN3CCOCC3)c2n1C(C)CC[C@H](C)n1c(=NC(=O)c2cc(C)nn2CC)n(C)c2ccccc21. The van der Waals surface area contributed by atoms with E-state index in [1.165, 1.54) is 5.56 Å². The molecule has 7 rings (SSSR count). The topological polar surface area (TPSA) is 127 Å². The third-order valence-corrected chi connectivity index (χ3v) is 10.9. The van der Waals surface area contributed by atoms with Crippen LogP contribution in [0, 0.1) is 13.8 Å². The number of aryl methyl sites for hydroxylation is 6. The molecule has 0 radical (unpaired) electrons. The number of hydrogen-bond donors (Lipinski definition) is 0. The molecule has 1 aliphatic heterocycles. The first-order chi connectivity index (χ1) is 26.5. The lowest BCUT2D eigenvalue weighted by atomic mass is 10.1. The molecule has 1 saturated heterocycles. The summed E-state index contributed by atoms with van der Waals surface area (Å²) >= 11 is 0. The highest BCUT2D eigenvalue weighted by Crippen LogP contribution is 2.28. The smallest absolute Gasteiger partial charge is 0.298 e. The molecular weight excluding hydrogens is 695 g/mol. The molecule has 2 amide bonds. The standard InChI is InChI=1S/C41H53N11O3/c1-9-49-35(24-27(3)44-49)38(53)42-40-46(7)32-15-11-12-16-33(32)51(40)29(5)18-19-30(6)52-37-31(26-48-20-22-55-23-21-48)14-13-17-34(37)47(8)41(52)43-39(54)36-25-28(4)45-50(36)10-2/h11-17,24-25,29-30H,9-10,18-23,26H2,1-8H3/t29-,30?/m0/s1. The van der Waals surface area contributed by atoms with Gasteiger partial charge in [0.25, 0.3) is 11.8 Å². The maximum atomic E-state index is 13.9. The second-order valence-corrected chi connectivity index (χ2v) is 14.7.